The molecule has 2 aromatic heterocycles. The molecule has 0 aliphatic heterocycles. The number of anilines is 2. The summed E-state index contributed by atoms with van der Waals surface area (Å²) < 4.78 is 0. The molecule has 0 aliphatic carbocycles. The Balaban J connectivity index is 1.84. The highest BCUT2D eigenvalue weighted by Crippen LogP contribution is 2.33. The highest BCUT2D eigenvalue weighted by molar-refractivity contribution is 7.18. The van der Waals surface area contributed by atoms with Crippen LogP contribution in [0.2, 0.25) is 5.02 Å². The van der Waals surface area contributed by atoms with Crippen LogP contribution in [0.3, 0.4) is 0 Å². The van der Waals surface area contributed by atoms with Crippen molar-refractivity contribution in [3.63, 3.8) is 0 Å². The molecule has 0 unspecified atom stereocenters. The third-order valence-corrected chi connectivity index (χ3v) is 5.33. The number of rotatable bonds is 3. The van der Waals surface area contributed by atoms with Crippen LogP contribution in [0.1, 0.15) is 10.4 Å². The first-order chi connectivity index (χ1) is 12.1. The van der Waals surface area contributed by atoms with E-state index < -0.39 is 0 Å². The minimum absolute atomic E-state index is 0.718. The molecule has 0 bridgehead atoms. The molecule has 1 N–H and O–H groups in total. The molecule has 5 heteroatoms. The fourth-order valence-electron chi connectivity index (χ4n) is 2.66. The maximum Gasteiger partial charge on any atom is 0.163 e. The molecule has 2 aromatic carbocycles. The van der Waals surface area contributed by atoms with Gasteiger partial charge in [-0.15, -0.1) is 11.3 Å². The second-order valence-electron chi connectivity index (χ2n) is 5.93. The van der Waals surface area contributed by atoms with Crippen LogP contribution < -0.4 is 5.32 Å². The summed E-state index contributed by atoms with van der Waals surface area (Å²) in [5, 5.41) is 5.17. The molecular formula is C20H16ClN3S. The summed E-state index contributed by atoms with van der Waals surface area (Å²) >= 11 is 7.93. The summed E-state index contributed by atoms with van der Waals surface area (Å²) in [5.41, 5.74) is 2.97. The van der Waals surface area contributed by atoms with Crippen molar-refractivity contribution in [1.29, 1.82) is 0 Å². The normalized spacial score (nSPS) is 11.0. The number of aryl methyl sites for hydroxylation is 2. The first-order valence-corrected chi connectivity index (χ1v) is 9.16. The molecule has 2 heterocycles. The minimum Gasteiger partial charge on any atom is -0.340 e. The van der Waals surface area contributed by atoms with Gasteiger partial charge in [-0.25, -0.2) is 9.97 Å². The lowest BCUT2D eigenvalue weighted by Crippen LogP contribution is -1.98. The Kier molecular flexibility index (Phi) is 4.15. The van der Waals surface area contributed by atoms with Crippen LogP contribution >= 0.6 is 22.9 Å². The van der Waals surface area contributed by atoms with Gasteiger partial charge in [0.25, 0.3) is 0 Å². The maximum absolute atomic E-state index is 6.26. The van der Waals surface area contributed by atoms with Gasteiger partial charge in [-0.2, -0.15) is 0 Å². The van der Waals surface area contributed by atoms with Gasteiger partial charge in [0.1, 0.15) is 10.6 Å². The highest BCUT2D eigenvalue weighted by Gasteiger charge is 2.12. The fourth-order valence-corrected chi connectivity index (χ4v) is 3.72. The van der Waals surface area contributed by atoms with Crippen LogP contribution in [-0.4, -0.2) is 9.97 Å². The smallest absolute Gasteiger partial charge is 0.163 e. The third-order valence-electron chi connectivity index (χ3n) is 3.98. The molecule has 4 aromatic rings. The van der Waals surface area contributed by atoms with Crippen molar-refractivity contribution in [3.05, 3.63) is 70.1 Å². The van der Waals surface area contributed by atoms with Gasteiger partial charge in [0.15, 0.2) is 5.82 Å². The second kappa shape index (κ2) is 6.47. The number of halogens is 1. The Morgan fingerprint density at radius 3 is 2.52 bits per heavy atom. The predicted octanol–water partition coefficient (Wildman–Crippen LogP) is 6.37. The Labute approximate surface area is 155 Å². The van der Waals surface area contributed by atoms with Gasteiger partial charge in [-0.1, -0.05) is 48.0 Å². The highest BCUT2D eigenvalue weighted by atomic mass is 35.5. The Morgan fingerprint density at radius 1 is 0.960 bits per heavy atom. The Morgan fingerprint density at radius 2 is 1.76 bits per heavy atom. The van der Waals surface area contributed by atoms with Crippen LogP contribution in [0.4, 0.5) is 11.5 Å². The van der Waals surface area contributed by atoms with Gasteiger partial charge in [0, 0.05) is 21.2 Å². The van der Waals surface area contributed by atoms with Gasteiger partial charge < -0.3 is 5.32 Å². The van der Waals surface area contributed by atoms with E-state index in [0.717, 1.165) is 43.7 Å². The molecule has 0 atom stereocenters. The quantitative estimate of drug-likeness (QED) is 0.458. The molecule has 3 nitrogen and oxygen atoms in total. The summed E-state index contributed by atoms with van der Waals surface area (Å²) in [6, 6.07) is 18.1. The summed E-state index contributed by atoms with van der Waals surface area (Å²) in [6.45, 7) is 4.08. The fraction of sp³-hybridized carbons (Fsp3) is 0.100. The van der Waals surface area contributed by atoms with Gasteiger partial charge in [-0.3, -0.25) is 0 Å². The van der Waals surface area contributed by atoms with E-state index >= 15 is 0 Å². The molecule has 0 radical (unpaired) electrons. The van der Waals surface area contributed by atoms with Crippen molar-refractivity contribution in [2.24, 2.45) is 0 Å². The zero-order valence-corrected chi connectivity index (χ0v) is 15.4. The molecular weight excluding hydrogens is 350 g/mol. The lowest BCUT2D eigenvalue weighted by molar-refractivity contribution is 1.23. The second-order valence-corrected chi connectivity index (χ2v) is 7.57. The molecule has 0 saturated heterocycles. The van der Waals surface area contributed by atoms with Crippen LogP contribution in [0.15, 0.2) is 54.6 Å². The zero-order chi connectivity index (χ0) is 17.4. The third kappa shape index (κ3) is 3.23. The maximum atomic E-state index is 6.26. The standard InChI is InChI=1S/C20H16ClN3S/c1-12-8-9-15(11-17(12)21)22-19-16-10-13(2)25-20(16)24-18(23-19)14-6-4-3-5-7-14/h3-11H,1-2H3,(H,22,23,24). The number of hydrogen-bond donors (Lipinski definition) is 1. The number of nitrogens with zero attached hydrogens (tertiary/aromatic N) is 2. The SMILES string of the molecule is Cc1cc2c(Nc3ccc(C)c(Cl)c3)nc(-c3ccccc3)nc2s1. The predicted molar refractivity (Wildman–Crippen MR) is 107 cm³/mol. The Bertz CT molecular complexity index is 1060. The summed E-state index contributed by atoms with van der Waals surface area (Å²) in [4.78, 5) is 11.7. The number of aromatic nitrogens is 2. The molecule has 25 heavy (non-hydrogen) atoms. The van der Waals surface area contributed by atoms with Crippen molar-refractivity contribution in [2.75, 3.05) is 5.32 Å². The topological polar surface area (TPSA) is 37.8 Å². The molecule has 0 aliphatic rings. The van der Waals surface area contributed by atoms with E-state index in [-0.39, 0.29) is 0 Å². The van der Waals surface area contributed by atoms with Crippen molar-refractivity contribution in [2.45, 2.75) is 13.8 Å². The number of hydrogen-bond acceptors (Lipinski definition) is 4. The van der Waals surface area contributed by atoms with Crippen LogP contribution in [0, 0.1) is 13.8 Å². The monoisotopic (exact) mass is 365 g/mol. The van der Waals surface area contributed by atoms with Gasteiger partial charge in [0.05, 0.1) is 5.39 Å². The zero-order valence-electron chi connectivity index (χ0n) is 13.9. The van der Waals surface area contributed by atoms with Crippen LogP contribution in [0.25, 0.3) is 21.6 Å². The lowest BCUT2D eigenvalue weighted by Gasteiger charge is -2.10. The molecule has 0 amide bonds. The van der Waals surface area contributed by atoms with Crippen molar-refractivity contribution >= 4 is 44.7 Å². The molecule has 124 valence electrons. The van der Waals surface area contributed by atoms with Gasteiger partial charge in [0.2, 0.25) is 0 Å². The van der Waals surface area contributed by atoms with Crippen molar-refractivity contribution in [3.8, 4) is 11.4 Å². The number of nitrogens with one attached hydrogen (secondary N) is 1. The van der Waals surface area contributed by atoms with E-state index in [4.69, 9.17) is 21.6 Å². The van der Waals surface area contributed by atoms with Crippen molar-refractivity contribution in [1.82, 2.24) is 9.97 Å². The largest absolute Gasteiger partial charge is 0.340 e. The number of fused-ring (bicyclic) bond motifs is 1. The molecule has 0 fully saturated rings. The van der Waals surface area contributed by atoms with E-state index in [2.05, 4.69) is 18.3 Å². The van der Waals surface area contributed by atoms with Crippen molar-refractivity contribution < 1.29 is 0 Å². The van der Waals surface area contributed by atoms with Crippen LogP contribution in [0.5, 0.6) is 0 Å². The summed E-state index contributed by atoms with van der Waals surface area (Å²) in [6.07, 6.45) is 0. The Hall–Kier alpha value is -2.43. The summed E-state index contributed by atoms with van der Waals surface area (Å²) in [7, 11) is 0. The van der Waals surface area contributed by atoms with Crippen LogP contribution in [-0.2, 0) is 0 Å². The molecule has 0 spiro atoms. The minimum atomic E-state index is 0.718. The van der Waals surface area contributed by atoms with E-state index in [9.17, 15) is 0 Å². The molecule has 4 rings (SSSR count). The van der Waals surface area contributed by atoms with E-state index in [1.165, 1.54) is 4.88 Å². The first kappa shape index (κ1) is 16.1. The van der Waals surface area contributed by atoms with E-state index in [1.54, 1.807) is 11.3 Å². The van der Waals surface area contributed by atoms with Gasteiger partial charge in [-0.05, 0) is 37.6 Å². The number of benzene rings is 2. The van der Waals surface area contributed by atoms with E-state index in [0.29, 0.717) is 0 Å². The molecule has 0 saturated carbocycles. The summed E-state index contributed by atoms with van der Waals surface area (Å²) in [5.74, 6) is 1.52. The first-order valence-electron chi connectivity index (χ1n) is 7.97. The lowest BCUT2D eigenvalue weighted by atomic mass is 10.2. The average Bonchev–Trinajstić information content (AvgIpc) is 2.99. The van der Waals surface area contributed by atoms with Gasteiger partial charge >= 0.3 is 0 Å². The average molecular weight is 366 g/mol. The number of thiophene rings is 1. The van der Waals surface area contributed by atoms with E-state index in [1.807, 2.05) is 55.5 Å².